The summed E-state index contributed by atoms with van der Waals surface area (Å²) in [6, 6.07) is 4.08. The van der Waals surface area contributed by atoms with Crippen LogP contribution in [0.25, 0.3) is 6.08 Å². The third kappa shape index (κ3) is 3.18. The second-order valence-electron chi connectivity index (χ2n) is 1.90. The third-order valence-electron chi connectivity index (χ3n) is 1.09. The normalized spacial score (nSPS) is 12.7. The molecule has 0 bridgehead atoms. The van der Waals surface area contributed by atoms with Crippen LogP contribution in [-0.4, -0.2) is 0 Å². The van der Waals surface area contributed by atoms with Gasteiger partial charge in [0.15, 0.2) is 0 Å². The second-order valence-corrected chi connectivity index (χ2v) is 3.66. The zero-order valence-electron chi connectivity index (χ0n) is 5.77. The Morgan fingerprint density at radius 3 is 2.91 bits per heavy atom. The topological polar surface area (TPSA) is 0 Å². The summed E-state index contributed by atoms with van der Waals surface area (Å²) in [6.07, 6.45) is 3.93. The highest BCUT2D eigenvalue weighted by Crippen LogP contribution is 2.13. The molecule has 0 N–H and O–H groups in total. The number of thiophene rings is 1. The second kappa shape index (κ2) is 4.70. The molecule has 11 heavy (non-hydrogen) atoms. The van der Waals surface area contributed by atoms with Crippen LogP contribution in [0, 0.1) is 0 Å². The Balaban J connectivity index is 2.63. The predicted molar refractivity (Wildman–Crippen MR) is 59.4 cm³/mol. The lowest BCUT2D eigenvalue weighted by atomic mass is 10.4. The predicted octanol–water partition coefficient (Wildman–Crippen LogP) is 3.46. The van der Waals surface area contributed by atoms with Crippen LogP contribution < -0.4 is 0 Å². The Morgan fingerprint density at radius 1 is 1.55 bits per heavy atom. The van der Waals surface area contributed by atoms with Crippen molar-refractivity contribution in [2.24, 2.45) is 0 Å². The van der Waals surface area contributed by atoms with Crippen molar-refractivity contribution in [3.05, 3.63) is 38.8 Å². The molecule has 1 rings (SSSR count). The molecule has 0 unspecified atom stereocenters. The zero-order chi connectivity index (χ0) is 8.10. The summed E-state index contributed by atoms with van der Waals surface area (Å²) in [4.78, 5) is 2.09. The number of thiol groups is 2. The molecule has 1 aromatic rings. The van der Waals surface area contributed by atoms with E-state index in [-0.39, 0.29) is 0 Å². The maximum Gasteiger partial charge on any atom is 0.0270 e. The molecule has 0 fully saturated rings. The van der Waals surface area contributed by atoms with Gasteiger partial charge in [0, 0.05) is 9.78 Å². The lowest BCUT2D eigenvalue weighted by Gasteiger charge is -1.84. The van der Waals surface area contributed by atoms with Gasteiger partial charge >= 0.3 is 0 Å². The molecular formula is C8H8S3. The summed E-state index contributed by atoms with van der Waals surface area (Å²) < 4.78 is 0. The van der Waals surface area contributed by atoms with Crippen LogP contribution in [0.15, 0.2) is 33.9 Å². The molecule has 0 spiro atoms. The third-order valence-corrected chi connectivity index (χ3v) is 2.69. The van der Waals surface area contributed by atoms with E-state index in [2.05, 4.69) is 31.3 Å². The van der Waals surface area contributed by atoms with Crippen molar-refractivity contribution in [2.45, 2.75) is 0 Å². The van der Waals surface area contributed by atoms with Crippen molar-refractivity contribution in [1.29, 1.82) is 0 Å². The first kappa shape index (κ1) is 8.97. The first-order chi connectivity index (χ1) is 5.33. The van der Waals surface area contributed by atoms with Crippen molar-refractivity contribution < 1.29 is 0 Å². The van der Waals surface area contributed by atoms with Gasteiger partial charge in [-0.2, -0.15) is 12.6 Å². The highest BCUT2D eigenvalue weighted by Gasteiger charge is 1.84. The summed E-state index contributed by atoms with van der Waals surface area (Å²) in [5.41, 5.74) is 0. The lowest BCUT2D eigenvalue weighted by molar-refractivity contribution is 1.93. The van der Waals surface area contributed by atoms with Crippen LogP contribution >= 0.6 is 36.6 Å². The van der Waals surface area contributed by atoms with Crippen LogP contribution in [-0.2, 0) is 0 Å². The number of hydrogen-bond donors (Lipinski definition) is 2. The Bertz CT molecular complexity index is 257. The molecule has 0 saturated carbocycles. The van der Waals surface area contributed by atoms with Gasteiger partial charge in [-0.05, 0) is 29.0 Å². The van der Waals surface area contributed by atoms with Crippen molar-refractivity contribution >= 4 is 42.7 Å². The maximum absolute atomic E-state index is 4.14. The van der Waals surface area contributed by atoms with Gasteiger partial charge in [0.1, 0.15) is 0 Å². The largest absolute Gasteiger partial charge is 0.150 e. The van der Waals surface area contributed by atoms with Crippen LogP contribution in [0.1, 0.15) is 4.88 Å². The van der Waals surface area contributed by atoms with Gasteiger partial charge in [-0.25, -0.2) is 0 Å². The van der Waals surface area contributed by atoms with Crippen molar-refractivity contribution in [3.8, 4) is 0 Å². The lowest BCUT2D eigenvalue weighted by Crippen LogP contribution is -1.59. The highest BCUT2D eigenvalue weighted by atomic mass is 32.1. The van der Waals surface area contributed by atoms with Gasteiger partial charge in [-0.1, -0.05) is 6.07 Å². The molecule has 3 heteroatoms. The maximum atomic E-state index is 4.14. The van der Waals surface area contributed by atoms with E-state index in [0.29, 0.717) is 0 Å². The molecule has 1 aromatic heterocycles. The van der Waals surface area contributed by atoms with Gasteiger partial charge < -0.3 is 0 Å². The Kier molecular flexibility index (Phi) is 3.83. The molecule has 0 atom stereocenters. The van der Waals surface area contributed by atoms with Gasteiger partial charge in [-0.15, -0.1) is 24.0 Å². The van der Waals surface area contributed by atoms with Crippen LogP contribution in [0.4, 0.5) is 0 Å². The van der Waals surface area contributed by atoms with Crippen LogP contribution in [0.2, 0.25) is 0 Å². The smallest absolute Gasteiger partial charge is 0.0270 e. The summed E-state index contributed by atoms with van der Waals surface area (Å²) in [6.45, 7) is 0. The molecule has 0 saturated heterocycles. The minimum absolute atomic E-state index is 0.863. The molecule has 0 nitrogen and oxygen atoms in total. The van der Waals surface area contributed by atoms with Crippen LogP contribution in [0.3, 0.4) is 0 Å². The standard InChI is InChI=1S/C8H8S3/c9-6-7(10)3-4-8-2-1-5-11-8/h1-6,9-10H/b4-3+,7-6?. The quantitative estimate of drug-likeness (QED) is 0.530. The monoisotopic (exact) mass is 200 g/mol. The van der Waals surface area contributed by atoms with E-state index in [1.54, 1.807) is 16.7 Å². The number of rotatable bonds is 2. The van der Waals surface area contributed by atoms with E-state index in [0.717, 1.165) is 4.91 Å². The van der Waals surface area contributed by atoms with Gasteiger partial charge in [-0.3, -0.25) is 0 Å². The molecule has 0 amide bonds. The summed E-state index contributed by atoms with van der Waals surface area (Å²) >= 11 is 9.81. The molecule has 1 heterocycles. The number of allylic oxidation sites excluding steroid dienone is 1. The summed E-state index contributed by atoms with van der Waals surface area (Å²) in [5, 5.41) is 3.70. The fourth-order valence-electron chi connectivity index (χ4n) is 0.597. The van der Waals surface area contributed by atoms with Crippen molar-refractivity contribution in [2.75, 3.05) is 0 Å². The number of hydrogen-bond acceptors (Lipinski definition) is 3. The van der Waals surface area contributed by atoms with E-state index < -0.39 is 0 Å². The molecular weight excluding hydrogens is 192 g/mol. The van der Waals surface area contributed by atoms with E-state index in [9.17, 15) is 0 Å². The Hall–Kier alpha value is -0.120. The van der Waals surface area contributed by atoms with E-state index in [1.165, 1.54) is 4.88 Å². The van der Waals surface area contributed by atoms with Gasteiger partial charge in [0.2, 0.25) is 0 Å². The highest BCUT2D eigenvalue weighted by molar-refractivity contribution is 7.88. The minimum Gasteiger partial charge on any atom is -0.150 e. The van der Waals surface area contributed by atoms with Gasteiger partial charge in [0.25, 0.3) is 0 Å². The molecule has 0 aliphatic carbocycles. The van der Waals surface area contributed by atoms with E-state index >= 15 is 0 Å². The van der Waals surface area contributed by atoms with E-state index in [4.69, 9.17) is 0 Å². The molecule has 0 aromatic carbocycles. The molecule has 0 radical (unpaired) electrons. The Labute approximate surface area is 81.5 Å². The molecule has 0 aliphatic heterocycles. The van der Waals surface area contributed by atoms with E-state index in [1.807, 2.05) is 23.6 Å². The molecule has 58 valence electrons. The summed E-state index contributed by atoms with van der Waals surface area (Å²) in [7, 11) is 0. The molecule has 0 aliphatic rings. The fraction of sp³-hybridized carbons (Fsp3) is 0. The average molecular weight is 200 g/mol. The zero-order valence-corrected chi connectivity index (χ0v) is 8.37. The minimum atomic E-state index is 0.863. The average Bonchev–Trinajstić information content (AvgIpc) is 2.52. The SMILES string of the molecule is SC=C(S)/C=C/c1cccs1. The Morgan fingerprint density at radius 2 is 2.36 bits per heavy atom. The first-order valence-electron chi connectivity index (χ1n) is 3.08. The van der Waals surface area contributed by atoms with Crippen molar-refractivity contribution in [3.63, 3.8) is 0 Å². The van der Waals surface area contributed by atoms with Crippen molar-refractivity contribution in [1.82, 2.24) is 0 Å². The van der Waals surface area contributed by atoms with Gasteiger partial charge in [0.05, 0.1) is 0 Å². The first-order valence-corrected chi connectivity index (χ1v) is 4.92. The summed E-state index contributed by atoms with van der Waals surface area (Å²) in [5.74, 6) is 0. The fourth-order valence-corrected chi connectivity index (χ4v) is 1.38. The van der Waals surface area contributed by atoms with Crippen LogP contribution in [0.5, 0.6) is 0 Å².